The molecule has 1 aromatic rings. The lowest BCUT2D eigenvalue weighted by Gasteiger charge is -2.35. The van der Waals surface area contributed by atoms with Crippen LogP contribution in [-0.4, -0.2) is 73.4 Å². The number of carbonyl (C=O) groups is 1. The Morgan fingerprint density at radius 1 is 1.33 bits per heavy atom. The molecule has 0 spiro atoms. The number of hydrogen-bond acceptors (Lipinski definition) is 6. The molecule has 1 heterocycles. The molecule has 1 unspecified atom stereocenters. The number of piperazine rings is 1. The number of aliphatic hydroxyl groups is 1. The molecule has 0 saturated carbocycles. The minimum absolute atomic E-state index is 0.0708. The maximum absolute atomic E-state index is 12.3. The van der Waals surface area contributed by atoms with Gasteiger partial charge in [-0.2, -0.15) is 5.26 Å². The minimum atomic E-state index is -0.362. The highest BCUT2D eigenvalue weighted by atomic mass is 16.5. The molecule has 1 aliphatic heterocycles. The van der Waals surface area contributed by atoms with Crippen molar-refractivity contribution in [3.8, 4) is 17.6 Å². The van der Waals surface area contributed by atoms with Crippen molar-refractivity contribution in [1.82, 2.24) is 9.80 Å². The third-order valence-electron chi connectivity index (χ3n) is 3.89. The molecule has 0 aliphatic carbocycles. The molecule has 0 radical (unpaired) electrons. The van der Waals surface area contributed by atoms with Crippen molar-refractivity contribution >= 4 is 5.91 Å². The Morgan fingerprint density at radius 2 is 2.04 bits per heavy atom. The number of β-amino-alcohol motifs (C(OH)–C–C–N with tert-alkyl or cyclic N) is 1. The summed E-state index contributed by atoms with van der Waals surface area (Å²) in [4.78, 5) is 16.2. The lowest BCUT2D eigenvalue weighted by molar-refractivity contribution is -0.135. The normalized spacial score (nSPS) is 16.3. The molecule has 24 heavy (non-hydrogen) atoms. The number of aliphatic hydroxyl groups excluding tert-OH is 1. The van der Waals surface area contributed by atoms with Gasteiger partial charge in [-0.3, -0.25) is 9.69 Å². The number of amides is 1. The molecular formula is C17H23N3O4. The largest absolute Gasteiger partial charge is 0.493 e. The van der Waals surface area contributed by atoms with Gasteiger partial charge in [-0.1, -0.05) is 0 Å². The molecule has 1 amide bonds. The van der Waals surface area contributed by atoms with E-state index in [0.717, 1.165) is 13.1 Å². The van der Waals surface area contributed by atoms with E-state index in [1.807, 2.05) is 6.07 Å². The molecule has 1 saturated heterocycles. The van der Waals surface area contributed by atoms with Crippen LogP contribution in [0.15, 0.2) is 18.2 Å². The Bertz CT molecular complexity index is 604. The van der Waals surface area contributed by atoms with Crippen molar-refractivity contribution in [3.05, 3.63) is 23.8 Å². The smallest absolute Gasteiger partial charge is 0.260 e. The SMILES string of the molecule is COc1cc(C#N)ccc1OCC(=O)N1CCN(CC(C)O)CC1. The van der Waals surface area contributed by atoms with Crippen LogP contribution in [0.5, 0.6) is 11.5 Å². The lowest BCUT2D eigenvalue weighted by atomic mass is 10.2. The molecule has 1 N–H and O–H groups in total. The lowest BCUT2D eigenvalue weighted by Crippen LogP contribution is -2.51. The first kappa shape index (κ1) is 18.0. The molecule has 1 aliphatic rings. The Balaban J connectivity index is 1.85. The minimum Gasteiger partial charge on any atom is -0.493 e. The number of ether oxygens (including phenoxy) is 2. The van der Waals surface area contributed by atoms with Crippen LogP contribution in [0.2, 0.25) is 0 Å². The zero-order valence-corrected chi connectivity index (χ0v) is 14.1. The number of benzene rings is 1. The summed E-state index contributed by atoms with van der Waals surface area (Å²) in [7, 11) is 1.49. The Kier molecular flexibility index (Phi) is 6.41. The molecule has 0 bridgehead atoms. The van der Waals surface area contributed by atoms with Crippen LogP contribution in [0, 0.1) is 11.3 Å². The maximum Gasteiger partial charge on any atom is 0.260 e. The van der Waals surface area contributed by atoms with Crippen LogP contribution >= 0.6 is 0 Å². The molecule has 1 atom stereocenters. The first-order valence-electron chi connectivity index (χ1n) is 7.92. The number of nitriles is 1. The van der Waals surface area contributed by atoms with Crippen LogP contribution in [0.4, 0.5) is 0 Å². The highest BCUT2D eigenvalue weighted by Gasteiger charge is 2.22. The monoisotopic (exact) mass is 333 g/mol. The Morgan fingerprint density at radius 3 is 2.62 bits per heavy atom. The third-order valence-corrected chi connectivity index (χ3v) is 3.89. The second kappa shape index (κ2) is 8.52. The predicted molar refractivity (Wildman–Crippen MR) is 87.9 cm³/mol. The highest BCUT2D eigenvalue weighted by molar-refractivity contribution is 5.78. The second-order valence-electron chi connectivity index (χ2n) is 5.80. The number of hydrogen-bond donors (Lipinski definition) is 1. The van der Waals surface area contributed by atoms with E-state index in [4.69, 9.17) is 14.7 Å². The molecule has 7 heteroatoms. The van der Waals surface area contributed by atoms with Crippen molar-refractivity contribution in [1.29, 1.82) is 5.26 Å². The van der Waals surface area contributed by atoms with Gasteiger partial charge in [0, 0.05) is 38.8 Å². The number of nitrogens with zero attached hydrogens (tertiary/aromatic N) is 3. The molecule has 1 aromatic carbocycles. The van der Waals surface area contributed by atoms with Crippen LogP contribution in [0.25, 0.3) is 0 Å². The third kappa shape index (κ3) is 4.85. The van der Waals surface area contributed by atoms with E-state index < -0.39 is 0 Å². The van der Waals surface area contributed by atoms with Gasteiger partial charge in [0.25, 0.3) is 5.91 Å². The Hall–Kier alpha value is -2.30. The molecular weight excluding hydrogens is 310 g/mol. The van der Waals surface area contributed by atoms with E-state index in [-0.39, 0.29) is 18.6 Å². The van der Waals surface area contributed by atoms with Gasteiger partial charge in [-0.05, 0) is 19.1 Å². The summed E-state index contributed by atoms with van der Waals surface area (Å²) in [5, 5.41) is 18.3. The summed E-state index contributed by atoms with van der Waals surface area (Å²) < 4.78 is 10.7. The van der Waals surface area contributed by atoms with Crippen LogP contribution in [0.3, 0.4) is 0 Å². The first-order chi connectivity index (χ1) is 11.5. The van der Waals surface area contributed by atoms with E-state index >= 15 is 0 Å². The van der Waals surface area contributed by atoms with Crippen molar-refractivity contribution < 1.29 is 19.4 Å². The Labute approximate surface area is 142 Å². The van der Waals surface area contributed by atoms with Gasteiger partial charge in [0.1, 0.15) is 0 Å². The van der Waals surface area contributed by atoms with Gasteiger partial charge in [0.15, 0.2) is 18.1 Å². The zero-order valence-electron chi connectivity index (χ0n) is 14.1. The fraction of sp³-hybridized carbons (Fsp3) is 0.529. The van der Waals surface area contributed by atoms with Gasteiger partial charge in [0.05, 0.1) is 24.8 Å². The van der Waals surface area contributed by atoms with Gasteiger partial charge < -0.3 is 19.5 Å². The van der Waals surface area contributed by atoms with Crippen molar-refractivity contribution in [3.63, 3.8) is 0 Å². The molecule has 1 fully saturated rings. The van der Waals surface area contributed by atoms with Crippen LogP contribution in [0.1, 0.15) is 12.5 Å². The average Bonchev–Trinajstić information content (AvgIpc) is 2.59. The fourth-order valence-corrected chi connectivity index (χ4v) is 2.64. The molecule has 130 valence electrons. The molecule has 0 aromatic heterocycles. The van der Waals surface area contributed by atoms with Crippen molar-refractivity contribution in [2.75, 3.05) is 46.4 Å². The van der Waals surface area contributed by atoms with E-state index in [9.17, 15) is 9.90 Å². The summed E-state index contributed by atoms with van der Waals surface area (Å²) in [5.74, 6) is 0.791. The number of methoxy groups -OCH3 is 1. The maximum atomic E-state index is 12.3. The summed E-state index contributed by atoms with van der Waals surface area (Å²) in [6.45, 7) is 5.06. The van der Waals surface area contributed by atoms with Gasteiger partial charge in [-0.15, -0.1) is 0 Å². The number of rotatable bonds is 6. The highest BCUT2D eigenvalue weighted by Crippen LogP contribution is 2.27. The topological polar surface area (TPSA) is 86.0 Å². The standard InChI is InChI=1S/C17H23N3O4/c1-13(21)11-19-5-7-20(8-6-19)17(22)12-24-15-4-3-14(10-18)9-16(15)23-2/h3-4,9,13,21H,5-8,11-12H2,1-2H3. The van der Waals surface area contributed by atoms with E-state index in [0.29, 0.717) is 36.7 Å². The van der Waals surface area contributed by atoms with Gasteiger partial charge in [0.2, 0.25) is 0 Å². The quantitative estimate of drug-likeness (QED) is 0.814. The summed E-state index contributed by atoms with van der Waals surface area (Å²) in [6.07, 6.45) is -0.362. The molecule has 7 nitrogen and oxygen atoms in total. The number of carbonyl (C=O) groups excluding carboxylic acids is 1. The summed E-state index contributed by atoms with van der Waals surface area (Å²) in [6, 6.07) is 6.86. The first-order valence-corrected chi connectivity index (χ1v) is 7.92. The van der Waals surface area contributed by atoms with Crippen LogP contribution in [-0.2, 0) is 4.79 Å². The fourth-order valence-electron chi connectivity index (χ4n) is 2.64. The summed E-state index contributed by atoms with van der Waals surface area (Å²) >= 11 is 0. The van der Waals surface area contributed by atoms with Crippen LogP contribution < -0.4 is 9.47 Å². The van der Waals surface area contributed by atoms with Crippen molar-refractivity contribution in [2.24, 2.45) is 0 Å². The zero-order chi connectivity index (χ0) is 17.5. The predicted octanol–water partition coefficient (Wildman–Crippen LogP) is 0.471. The van der Waals surface area contributed by atoms with E-state index in [1.54, 1.807) is 30.0 Å². The van der Waals surface area contributed by atoms with E-state index in [1.165, 1.54) is 7.11 Å². The van der Waals surface area contributed by atoms with Crippen molar-refractivity contribution in [2.45, 2.75) is 13.0 Å². The average molecular weight is 333 g/mol. The van der Waals surface area contributed by atoms with Gasteiger partial charge in [-0.25, -0.2) is 0 Å². The molecule has 2 rings (SSSR count). The van der Waals surface area contributed by atoms with E-state index in [2.05, 4.69) is 4.90 Å². The second-order valence-corrected chi connectivity index (χ2v) is 5.80. The van der Waals surface area contributed by atoms with Gasteiger partial charge >= 0.3 is 0 Å². The summed E-state index contributed by atoms with van der Waals surface area (Å²) in [5.41, 5.74) is 0.472.